The fraction of sp³-hybridized carbons (Fsp3) is 0.600. The Morgan fingerprint density at radius 3 is 2.93 bits per heavy atom. The van der Waals surface area contributed by atoms with E-state index in [0.29, 0.717) is 11.7 Å². The third-order valence-corrected chi connectivity index (χ3v) is 3.95. The maximum Gasteiger partial charge on any atom is 0.116 e. The van der Waals surface area contributed by atoms with Gasteiger partial charge in [0, 0.05) is 11.9 Å². The third kappa shape index (κ3) is 2.68. The van der Waals surface area contributed by atoms with Crippen LogP contribution in [0, 0.1) is 5.92 Å². The quantitative estimate of drug-likeness (QED) is 0.569. The van der Waals surface area contributed by atoms with Gasteiger partial charge in [0.2, 0.25) is 0 Å². The Balaban J connectivity index is 1.91. The van der Waals surface area contributed by atoms with Crippen molar-refractivity contribution < 1.29 is 5.11 Å². The molecule has 2 rings (SSSR count). The van der Waals surface area contributed by atoms with E-state index in [1.165, 1.54) is 6.33 Å². The number of aliphatic hydroxyl groups excluding tert-OH is 1. The van der Waals surface area contributed by atoms with Gasteiger partial charge in [0.25, 0.3) is 0 Å². The van der Waals surface area contributed by atoms with Crippen molar-refractivity contribution in [2.75, 3.05) is 12.4 Å². The monoisotopic (exact) mass is 225 g/mol. The molecule has 1 aliphatic carbocycles. The van der Waals surface area contributed by atoms with Gasteiger partial charge in [-0.1, -0.05) is 0 Å². The Morgan fingerprint density at radius 2 is 2.40 bits per heavy atom. The zero-order chi connectivity index (χ0) is 10.7. The van der Waals surface area contributed by atoms with E-state index in [-0.39, 0.29) is 6.61 Å². The smallest absolute Gasteiger partial charge is 0.116 e. The molecule has 0 saturated heterocycles. The average Bonchev–Trinajstić information content (AvgIpc) is 3.11. The van der Waals surface area contributed by atoms with E-state index in [1.807, 2.05) is 6.07 Å². The Morgan fingerprint density at radius 1 is 1.60 bits per heavy atom. The summed E-state index contributed by atoms with van der Waals surface area (Å²) in [4.78, 5) is 7.96. The van der Waals surface area contributed by atoms with Crippen LogP contribution in [0.3, 0.4) is 0 Å². The van der Waals surface area contributed by atoms with Crippen molar-refractivity contribution in [1.29, 1.82) is 0 Å². The molecule has 15 heavy (non-hydrogen) atoms. The summed E-state index contributed by atoms with van der Waals surface area (Å²) in [7, 11) is 0. The zero-order valence-corrected chi connectivity index (χ0v) is 9.28. The minimum absolute atomic E-state index is 0.0513. The molecule has 1 unspecified atom stereocenters. The van der Waals surface area contributed by atoms with E-state index in [2.05, 4.69) is 9.97 Å². The molecule has 5 heteroatoms. The lowest BCUT2D eigenvalue weighted by molar-refractivity contribution is 0.194. The molecule has 0 aromatic carbocycles. The summed E-state index contributed by atoms with van der Waals surface area (Å²) < 4.78 is 0. The van der Waals surface area contributed by atoms with Crippen LogP contribution < -0.4 is 5.73 Å². The Hall–Kier alpha value is -0.650. The predicted octanol–water partition coefficient (Wildman–Crippen LogP) is 0.669. The van der Waals surface area contributed by atoms with Gasteiger partial charge in [0.1, 0.15) is 6.33 Å². The Labute approximate surface area is 93.3 Å². The summed E-state index contributed by atoms with van der Waals surface area (Å²) in [6.07, 6.45) is 5.52. The minimum Gasteiger partial charge on any atom is -0.394 e. The molecular weight excluding hydrogens is 210 g/mol. The van der Waals surface area contributed by atoms with E-state index in [9.17, 15) is 5.11 Å². The van der Waals surface area contributed by atoms with Gasteiger partial charge in [-0.15, -0.1) is 11.8 Å². The van der Waals surface area contributed by atoms with Crippen LogP contribution in [-0.2, 0) is 0 Å². The molecule has 0 radical (unpaired) electrons. The van der Waals surface area contributed by atoms with Gasteiger partial charge < -0.3 is 10.8 Å². The molecule has 0 spiro atoms. The molecule has 1 aromatic rings. The van der Waals surface area contributed by atoms with E-state index < -0.39 is 5.54 Å². The standard InChI is InChI=1S/C10H15N3OS/c11-10(5-14,8-1-2-8)6-15-9-3-4-12-7-13-9/h3-4,7-8,14H,1-2,5-6,11H2. The first-order chi connectivity index (χ1) is 7.24. The minimum atomic E-state index is -0.435. The van der Waals surface area contributed by atoms with Crippen molar-refractivity contribution in [3.8, 4) is 0 Å². The summed E-state index contributed by atoms with van der Waals surface area (Å²) in [5.41, 5.74) is 5.70. The fourth-order valence-corrected chi connectivity index (χ4v) is 2.55. The predicted molar refractivity (Wildman–Crippen MR) is 59.5 cm³/mol. The van der Waals surface area contributed by atoms with Crippen LogP contribution >= 0.6 is 11.8 Å². The number of thioether (sulfide) groups is 1. The van der Waals surface area contributed by atoms with Crippen molar-refractivity contribution in [2.45, 2.75) is 23.4 Å². The van der Waals surface area contributed by atoms with Crippen LogP contribution in [0.5, 0.6) is 0 Å². The van der Waals surface area contributed by atoms with Crippen molar-refractivity contribution in [3.63, 3.8) is 0 Å². The van der Waals surface area contributed by atoms with Gasteiger partial charge in [0.15, 0.2) is 0 Å². The van der Waals surface area contributed by atoms with Crippen LogP contribution in [-0.4, -0.2) is 33.0 Å². The highest BCUT2D eigenvalue weighted by Crippen LogP contribution is 2.40. The number of aromatic nitrogens is 2. The second kappa shape index (κ2) is 4.47. The second-order valence-electron chi connectivity index (χ2n) is 4.00. The summed E-state index contributed by atoms with van der Waals surface area (Å²) in [6.45, 7) is 0.0513. The van der Waals surface area contributed by atoms with Crippen molar-refractivity contribution in [2.24, 2.45) is 11.7 Å². The molecule has 0 bridgehead atoms. The molecule has 0 amide bonds. The van der Waals surface area contributed by atoms with Gasteiger partial charge in [-0.2, -0.15) is 0 Å². The first-order valence-electron chi connectivity index (χ1n) is 5.03. The SMILES string of the molecule is NC(CO)(CSc1ccncn1)C1CC1. The largest absolute Gasteiger partial charge is 0.394 e. The van der Waals surface area contributed by atoms with Gasteiger partial charge in [-0.25, -0.2) is 9.97 Å². The summed E-state index contributed by atoms with van der Waals surface area (Å²) in [5, 5.41) is 10.2. The van der Waals surface area contributed by atoms with Crippen LogP contribution in [0.2, 0.25) is 0 Å². The van der Waals surface area contributed by atoms with Crippen LogP contribution in [0.25, 0.3) is 0 Å². The highest BCUT2D eigenvalue weighted by molar-refractivity contribution is 7.99. The second-order valence-corrected chi connectivity index (χ2v) is 5.00. The first-order valence-corrected chi connectivity index (χ1v) is 6.02. The highest BCUT2D eigenvalue weighted by atomic mass is 32.2. The number of aliphatic hydroxyl groups is 1. The van der Waals surface area contributed by atoms with Crippen molar-refractivity contribution in [1.82, 2.24) is 9.97 Å². The molecule has 3 N–H and O–H groups in total. The van der Waals surface area contributed by atoms with Crippen LogP contribution in [0.4, 0.5) is 0 Å². The fourth-order valence-electron chi connectivity index (χ4n) is 1.52. The normalized spacial score (nSPS) is 19.9. The molecule has 82 valence electrons. The molecule has 1 atom stereocenters. The van der Waals surface area contributed by atoms with Gasteiger partial charge in [0.05, 0.1) is 17.2 Å². The Bertz CT molecular complexity index is 318. The Kier molecular flexibility index (Phi) is 3.23. The molecule has 1 aliphatic rings. The van der Waals surface area contributed by atoms with Crippen LogP contribution in [0.15, 0.2) is 23.6 Å². The summed E-state index contributed by atoms with van der Waals surface area (Å²) >= 11 is 1.58. The van der Waals surface area contributed by atoms with E-state index >= 15 is 0 Å². The van der Waals surface area contributed by atoms with Crippen LogP contribution in [0.1, 0.15) is 12.8 Å². The van der Waals surface area contributed by atoms with Crippen molar-refractivity contribution >= 4 is 11.8 Å². The molecule has 1 aromatic heterocycles. The topological polar surface area (TPSA) is 72.0 Å². The lowest BCUT2D eigenvalue weighted by Gasteiger charge is -2.26. The number of hydrogen-bond acceptors (Lipinski definition) is 5. The van der Waals surface area contributed by atoms with E-state index in [0.717, 1.165) is 17.9 Å². The zero-order valence-electron chi connectivity index (χ0n) is 8.47. The molecular formula is C10H15N3OS. The maximum atomic E-state index is 9.30. The van der Waals surface area contributed by atoms with Gasteiger partial charge in [-0.3, -0.25) is 0 Å². The number of rotatable bonds is 5. The molecule has 1 saturated carbocycles. The average molecular weight is 225 g/mol. The third-order valence-electron chi connectivity index (χ3n) is 2.73. The lowest BCUT2D eigenvalue weighted by Crippen LogP contribution is -2.48. The van der Waals surface area contributed by atoms with E-state index in [1.54, 1.807) is 18.0 Å². The number of nitrogens with two attached hydrogens (primary N) is 1. The summed E-state index contributed by atoms with van der Waals surface area (Å²) in [5.74, 6) is 1.20. The molecule has 1 heterocycles. The molecule has 0 aliphatic heterocycles. The molecule has 1 fully saturated rings. The van der Waals surface area contributed by atoms with Gasteiger partial charge in [-0.05, 0) is 24.8 Å². The first kappa shape index (κ1) is 10.9. The maximum absolute atomic E-state index is 9.30. The van der Waals surface area contributed by atoms with Crippen molar-refractivity contribution in [3.05, 3.63) is 18.6 Å². The number of hydrogen-bond donors (Lipinski definition) is 2. The van der Waals surface area contributed by atoms with Gasteiger partial charge >= 0.3 is 0 Å². The number of nitrogens with zero attached hydrogens (tertiary/aromatic N) is 2. The lowest BCUT2D eigenvalue weighted by atomic mass is 9.99. The summed E-state index contributed by atoms with van der Waals surface area (Å²) in [6, 6.07) is 1.86. The highest BCUT2D eigenvalue weighted by Gasteiger charge is 2.41. The molecule has 4 nitrogen and oxygen atoms in total. The van der Waals surface area contributed by atoms with E-state index in [4.69, 9.17) is 5.73 Å².